The van der Waals surface area contributed by atoms with Crippen LogP contribution in [-0.2, 0) is 21.4 Å². The topological polar surface area (TPSA) is 66.5 Å². The molecule has 0 bridgehead atoms. The quantitative estimate of drug-likeness (QED) is 0.798. The van der Waals surface area contributed by atoms with Crippen LogP contribution >= 0.6 is 11.6 Å². The highest BCUT2D eigenvalue weighted by molar-refractivity contribution is 7.89. The van der Waals surface area contributed by atoms with Gasteiger partial charge in [0.25, 0.3) is 0 Å². The van der Waals surface area contributed by atoms with Crippen LogP contribution in [0.15, 0.2) is 53.4 Å². The molecule has 0 aromatic heterocycles. The Balaban J connectivity index is 1.87. The molecule has 0 saturated carbocycles. The maximum absolute atomic E-state index is 12.9. The molecular formula is C17H18ClFN2O3S. The third-order valence-corrected chi connectivity index (χ3v) is 5.39. The molecule has 134 valence electrons. The molecule has 0 atom stereocenters. The van der Waals surface area contributed by atoms with E-state index in [1.165, 1.54) is 17.0 Å². The van der Waals surface area contributed by atoms with Crippen molar-refractivity contribution in [2.75, 3.05) is 13.6 Å². The van der Waals surface area contributed by atoms with Crippen molar-refractivity contribution in [1.82, 2.24) is 9.62 Å². The first kappa shape index (κ1) is 19.4. The summed E-state index contributed by atoms with van der Waals surface area (Å²) in [6.07, 6.45) is 0.00137. The van der Waals surface area contributed by atoms with Crippen LogP contribution in [0.1, 0.15) is 12.0 Å². The van der Waals surface area contributed by atoms with Gasteiger partial charge in [-0.25, -0.2) is 17.5 Å². The van der Waals surface area contributed by atoms with E-state index in [0.29, 0.717) is 11.6 Å². The molecule has 2 aromatic rings. The molecule has 0 fully saturated rings. The first-order valence-corrected chi connectivity index (χ1v) is 9.38. The van der Waals surface area contributed by atoms with E-state index in [4.69, 9.17) is 11.6 Å². The Hall–Kier alpha value is -1.96. The summed E-state index contributed by atoms with van der Waals surface area (Å²) in [4.78, 5) is 13.6. The van der Waals surface area contributed by atoms with Crippen LogP contribution in [0.3, 0.4) is 0 Å². The van der Waals surface area contributed by atoms with Gasteiger partial charge in [-0.15, -0.1) is 0 Å². The fraction of sp³-hybridized carbons (Fsp3) is 0.235. The van der Waals surface area contributed by atoms with Crippen molar-refractivity contribution in [3.63, 3.8) is 0 Å². The van der Waals surface area contributed by atoms with Gasteiger partial charge >= 0.3 is 0 Å². The molecule has 2 aromatic carbocycles. The largest absolute Gasteiger partial charge is 0.341 e. The van der Waals surface area contributed by atoms with Gasteiger partial charge in [0.2, 0.25) is 15.9 Å². The molecule has 25 heavy (non-hydrogen) atoms. The predicted molar refractivity (Wildman–Crippen MR) is 94.1 cm³/mol. The maximum Gasteiger partial charge on any atom is 0.240 e. The first-order valence-electron chi connectivity index (χ1n) is 7.52. The number of nitrogens with zero attached hydrogens (tertiary/aromatic N) is 1. The monoisotopic (exact) mass is 384 g/mol. The van der Waals surface area contributed by atoms with Crippen molar-refractivity contribution in [1.29, 1.82) is 0 Å². The number of amides is 1. The Morgan fingerprint density at radius 3 is 2.44 bits per heavy atom. The number of benzene rings is 2. The van der Waals surface area contributed by atoms with Crippen LogP contribution in [0.4, 0.5) is 4.39 Å². The molecule has 0 heterocycles. The number of carbonyl (C=O) groups is 1. The van der Waals surface area contributed by atoms with Gasteiger partial charge in [-0.05, 0) is 35.9 Å². The summed E-state index contributed by atoms with van der Waals surface area (Å²) >= 11 is 6.06. The minimum absolute atomic E-state index is 0.00137. The summed E-state index contributed by atoms with van der Waals surface area (Å²) in [6.45, 7) is 0.286. The van der Waals surface area contributed by atoms with Crippen molar-refractivity contribution >= 4 is 27.5 Å². The van der Waals surface area contributed by atoms with E-state index in [2.05, 4.69) is 4.72 Å². The van der Waals surface area contributed by atoms with Crippen LogP contribution in [0.2, 0.25) is 5.02 Å². The third kappa shape index (κ3) is 5.52. The summed E-state index contributed by atoms with van der Waals surface area (Å²) in [5, 5.41) is 0.569. The normalized spacial score (nSPS) is 11.3. The Bertz CT molecular complexity index is 841. The van der Waals surface area contributed by atoms with Crippen LogP contribution in [0.5, 0.6) is 0 Å². The minimum Gasteiger partial charge on any atom is -0.341 e. The van der Waals surface area contributed by atoms with E-state index >= 15 is 0 Å². The molecular weight excluding hydrogens is 367 g/mol. The molecule has 0 aliphatic heterocycles. The summed E-state index contributed by atoms with van der Waals surface area (Å²) in [5.41, 5.74) is 0.812. The molecule has 2 rings (SSSR count). The van der Waals surface area contributed by atoms with Crippen LogP contribution in [0.25, 0.3) is 0 Å². The minimum atomic E-state index is -3.77. The van der Waals surface area contributed by atoms with Gasteiger partial charge in [-0.2, -0.15) is 0 Å². The van der Waals surface area contributed by atoms with E-state index < -0.39 is 15.8 Å². The molecule has 1 N–H and O–H groups in total. The zero-order valence-electron chi connectivity index (χ0n) is 13.6. The van der Waals surface area contributed by atoms with E-state index in [1.54, 1.807) is 19.2 Å². The standard InChI is InChI=1S/C17H18ClFN2O3S/c1-21(12-13-4-2-3-5-16(13)18)17(22)10-11-20-25(23,24)15-8-6-14(19)7-9-15/h2-9,20H,10-12H2,1H3. The highest BCUT2D eigenvalue weighted by Crippen LogP contribution is 2.16. The molecule has 0 unspecified atom stereocenters. The zero-order valence-corrected chi connectivity index (χ0v) is 15.1. The second kappa shape index (κ2) is 8.42. The Labute approximate surface area is 151 Å². The number of carbonyl (C=O) groups excluding carboxylic acids is 1. The first-order chi connectivity index (χ1) is 11.8. The fourth-order valence-electron chi connectivity index (χ4n) is 2.15. The summed E-state index contributed by atoms with van der Waals surface area (Å²) in [7, 11) is -2.15. The average molecular weight is 385 g/mol. The lowest BCUT2D eigenvalue weighted by Crippen LogP contribution is -2.32. The number of rotatable bonds is 7. The molecule has 8 heteroatoms. The lowest BCUT2D eigenvalue weighted by Gasteiger charge is -2.18. The molecule has 0 saturated heterocycles. The summed E-state index contributed by atoms with van der Waals surface area (Å²) < 4.78 is 39.3. The lowest BCUT2D eigenvalue weighted by atomic mass is 10.2. The van der Waals surface area contributed by atoms with Crippen molar-refractivity contribution in [3.05, 3.63) is 64.9 Å². The summed E-state index contributed by atoms with van der Waals surface area (Å²) in [6, 6.07) is 11.7. The second-order valence-corrected chi connectivity index (χ2v) is 7.62. The van der Waals surface area contributed by atoms with Gasteiger partial charge in [-0.1, -0.05) is 29.8 Å². The highest BCUT2D eigenvalue weighted by Gasteiger charge is 2.16. The SMILES string of the molecule is CN(Cc1ccccc1Cl)C(=O)CCNS(=O)(=O)c1ccc(F)cc1. The van der Waals surface area contributed by atoms with Gasteiger partial charge in [0.15, 0.2) is 0 Å². The van der Waals surface area contributed by atoms with Gasteiger partial charge in [0.05, 0.1) is 4.90 Å². The predicted octanol–water partition coefficient (Wildman–Crippen LogP) is 2.81. The van der Waals surface area contributed by atoms with Gasteiger partial charge in [0.1, 0.15) is 5.82 Å². The Morgan fingerprint density at radius 2 is 1.80 bits per heavy atom. The van der Waals surface area contributed by atoms with E-state index in [-0.39, 0.29) is 23.8 Å². The molecule has 0 aliphatic carbocycles. The van der Waals surface area contributed by atoms with Gasteiger partial charge in [0, 0.05) is 31.6 Å². The van der Waals surface area contributed by atoms with E-state index in [0.717, 1.165) is 17.7 Å². The van der Waals surface area contributed by atoms with Gasteiger partial charge < -0.3 is 4.90 Å². The highest BCUT2D eigenvalue weighted by atomic mass is 35.5. The number of hydrogen-bond donors (Lipinski definition) is 1. The van der Waals surface area contributed by atoms with E-state index in [9.17, 15) is 17.6 Å². The molecule has 0 aliphatic rings. The molecule has 1 amide bonds. The van der Waals surface area contributed by atoms with Crippen LogP contribution in [-0.4, -0.2) is 32.8 Å². The van der Waals surface area contributed by atoms with Crippen LogP contribution in [0, 0.1) is 5.82 Å². The molecule has 5 nitrogen and oxygen atoms in total. The van der Waals surface area contributed by atoms with Crippen molar-refractivity contribution in [2.24, 2.45) is 0 Å². The second-order valence-electron chi connectivity index (χ2n) is 5.44. The number of halogens is 2. The van der Waals surface area contributed by atoms with Gasteiger partial charge in [-0.3, -0.25) is 4.79 Å². The van der Waals surface area contributed by atoms with Crippen molar-refractivity contribution in [3.8, 4) is 0 Å². The molecule has 0 spiro atoms. The van der Waals surface area contributed by atoms with Crippen molar-refractivity contribution in [2.45, 2.75) is 17.9 Å². The fourth-order valence-corrected chi connectivity index (χ4v) is 3.38. The third-order valence-electron chi connectivity index (χ3n) is 3.55. The van der Waals surface area contributed by atoms with E-state index in [1.807, 2.05) is 12.1 Å². The van der Waals surface area contributed by atoms with Crippen molar-refractivity contribution < 1.29 is 17.6 Å². The van der Waals surface area contributed by atoms with Crippen LogP contribution < -0.4 is 4.72 Å². The zero-order chi connectivity index (χ0) is 18.4. The molecule has 0 radical (unpaired) electrons. The summed E-state index contributed by atoms with van der Waals surface area (Å²) in [5.74, 6) is -0.739. The maximum atomic E-state index is 12.9. The number of hydrogen-bond acceptors (Lipinski definition) is 3. The number of nitrogens with one attached hydrogen (secondary N) is 1. The Kier molecular flexibility index (Phi) is 6.52. The Morgan fingerprint density at radius 1 is 1.16 bits per heavy atom. The number of sulfonamides is 1. The average Bonchev–Trinajstić information content (AvgIpc) is 2.57. The smallest absolute Gasteiger partial charge is 0.240 e. The lowest BCUT2D eigenvalue weighted by molar-refractivity contribution is -0.130.